The first kappa shape index (κ1) is 11.6. The highest BCUT2D eigenvalue weighted by atomic mass is 16.5. The first-order chi connectivity index (χ1) is 7.74. The molecule has 1 N–H and O–H groups in total. The van der Waals surface area contributed by atoms with Crippen molar-refractivity contribution in [3.8, 4) is 0 Å². The molecule has 1 saturated carbocycles. The fourth-order valence-electron chi connectivity index (χ4n) is 1.95. The number of imidazole rings is 1. The molecule has 1 aromatic heterocycles. The van der Waals surface area contributed by atoms with Crippen molar-refractivity contribution in [2.75, 3.05) is 13.7 Å². The van der Waals surface area contributed by atoms with Gasteiger partial charge in [-0.15, -0.1) is 0 Å². The van der Waals surface area contributed by atoms with Crippen molar-refractivity contribution in [1.29, 1.82) is 0 Å². The largest absolute Gasteiger partial charge is 0.387 e. The van der Waals surface area contributed by atoms with E-state index in [0.29, 0.717) is 12.6 Å². The zero-order valence-electron chi connectivity index (χ0n) is 9.97. The molecule has 4 heteroatoms. The van der Waals surface area contributed by atoms with E-state index in [0.717, 1.165) is 12.1 Å². The monoisotopic (exact) mass is 224 g/mol. The maximum Gasteiger partial charge on any atom is 0.0982 e. The molecular weight excluding hydrogens is 204 g/mol. The number of aliphatic hydroxyl groups is 1. The highest BCUT2D eigenvalue weighted by Crippen LogP contribution is 2.38. The fraction of sp³-hybridized carbons (Fsp3) is 0.750. The third-order valence-electron chi connectivity index (χ3n) is 3.26. The van der Waals surface area contributed by atoms with E-state index in [-0.39, 0.29) is 5.92 Å². The molecule has 0 saturated heterocycles. The smallest absolute Gasteiger partial charge is 0.0982 e. The molecule has 1 aliphatic carbocycles. The average molecular weight is 224 g/mol. The zero-order chi connectivity index (χ0) is 11.5. The summed E-state index contributed by atoms with van der Waals surface area (Å²) in [7, 11) is 1.69. The SMILES string of the molecule is COCCC(C)C(O)c1cncn1C1CC1. The molecule has 4 nitrogen and oxygen atoms in total. The summed E-state index contributed by atoms with van der Waals surface area (Å²) >= 11 is 0. The molecule has 1 fully saturated rings. The molecular formula is C12H20N2O2. The number of rotatable bonds is 6. The maximum atomic E-state index is 10.2. The Morgan fingerprint density at radius 2 is 2.38 bits per heavy atom. The second-order valence-electron chi connectivity index (χ2n) is 4.66. The van der Waals surface area contributed by atoms with Crippen LogP contribution in [-0.4, -0.2) is 28.4 Å². The summed E-state index contributed by atoms with van der Waals surface area (Å²) in [6.45, 7) is 2.74. The van der Waals surface area contributed by atoms with Gasteiger partial charge in [0.1, 0.15) is 0 Å². The molecule has 16 heavy (non-hydrogen) atoms. The van der Waals surface area contributed by atoms with Crippen LogP contribution in [0.1, 0.15) is 44.0 Å². The van der Waals surface area contributed by atoms with Gasteiger partial charge in [-0.25, -0.2) is 4.98 Å². The van der Waals surface area contributed by atoms with Crippen LogP contribution in [0.2, 0.25) is 0 Å². The van der Waals surface area contributed by atoms with Crippen LogP contribution in [0.4, 0.5) is 0 Å². The minimum absolute atomic E-state index is 0.203. The standard InChI is InChI=1S/C12H20N2O2/c1-9(5-6-16-2)12(15)11-7-13-8-14(11)10-3-4-10/h7-10,12,15H,3-6H2,1-2H3. The molecule has 0 amide bonds. The lowest BCUT2D eigenvalue weighted by Gasteiger charge is -2.19. The molecule has 90 valence electrons. The van der Waals surface area contributed by atoms with Gasteiger partial charge >= 0.3 is 0 Å². The van der Waals surface area contributed by atoms with Gasteiger partial charge in [0.25, 0.3) is 0 Å². The van der Waals surface area contributed by atoms with E-state index in [1.54, 1.807) is 13.3 Å². The van der Waals surface area contributed by atoms with Gasteiger partial charge in [-0.2, -0.15) is 0 Å². The van der Waals surface area contributed by atoms with Crippen molar-refractivity contribution in [1.82, 2.24) is 9.55 Å². The molecule has 2 atom stereocenters. The minimum Gasteiger partial charge on any atom is -0.387 e. The molecule has 1 aliphatic rings. The molecule has 1 aromatic rings. The van der Waals surface area contributed by atoms with Gasteiger partial charge in [0.2, 0.25) is 0 Å². The highest BCUT2D eigenvalue weighted by molar-refractivity contribution is 5.07. The van der Waals surface area contributed by atoms with Crippen LogP contribution in [0.15, 0.2) is 12.5 Å². The Morgan fingerprint density at radius 3 is 3.00 bits per heavy atom. The lowest BCUT2D eigenvalue weighted by atomic mass is 9.99. The topological polar surface area (TPSA) is 47.3 Å². The van der Waals surface area contributed by atoms with Crippen LogP contribution >= 0.6 is 0 Å². The lowest BCUT2D eigenvalue weighted by Crippen LogP contribution is -2.15. The summed E-state index contributed by atoms with van der Waals surface area (Å²) < 4.78 is 7.16. The summed E-state index contributed by atoms with van der Waals surface area (Å²) in [5.74, 6) is 0.203. The third-order valence-corrected chi connectivity index (χ3v) is 3.26. The molecule has 2 unspecified atom stereocenters. The molecule has 0 aromatic carbocycles. The van der Waals surface area contributed by atoms with Crippen molar-refractivity contribution in [2.24, 2.45) is 5.92 Å². The van der Waals surface area contributed by atoms with Crippen LogP contribution in [0.3, 0.4) is 0 Å². The summed E-state index contributed by atoms with van der Waals surface area (Å²) in [4.78, 5) is 4.14. The van der Waals surface area contributed by atoms with Crippen LogP contribution in [0.25, 0.3) is 0 Å². The van der Waals surface area contributed by atoms with Gasteiger partial charge in [0.15, 0.2) is 0 Å². The second-order valence-corrected chi connectivity index (χ2v) is 4.66. The zero-order valence-corrected chi connectivity index (χ0v) is 9.97. The van der Waals surface area contributed by atoms with Gasteiger partial charge in [-0.05, 0) is 25.2 Å². The second kappa shape index (κ2) is 4.97. The first-order valence-electron chi connectivity index (χ1n) is 5.92. The number of methoxy groups -OCH3 is 1. The minimum atomic E-state index is -0.432. The Hall–Kier alpha value is -0.870. The van der Waals surface area contributed by atoms with Gasteiger partial charge in [0.05, 0.1) is 24.3 Å². The number of aromatic nitrogens is 2. The summed E-state index contributed by atoms with van der Waals surface area (Å²) in [5, 5.41) is 10.2. The van der Waals surface area contributed by atoms with E-state index in [4.69, 9.17) is 4.74 Å². The Labute approximate surface area is 96.3 Å². The number of ether oxygens (including phenoxy) is 1. The van der Waals surface area contributed by atoms with Gasteiger partial charge in [0, 0.05) is 19.8 Å². The summed E-state index contributed by atoms with van der Waals surface area (Å²) in [5.41, 5.74) is 0.950. The third kappa shape index (κ3) is 2.44. The van der Waals surface area contributed by atoms with E-state index in [2.05, 4.69) is 9.55 Å². The predicted octanol–water partition coefficient (Wildman–Crippen LogP) is 1.92. The van der Waals surface area contributed by atoms with Gasteiger partial charge in [-0.3, -0.25) is 0 Å². The Balaban J connectivity index is 2.01. The Kier molecular flexibility index (Phi) is 3.61. The molecule has 0 radical (unpaired) electrons. The highest BCUT2D eigenvalue weighted by Gasteiger charge is 2.28. The average Bonchev–Trinajstić information content (AvgIpc) is 3.03. The van der Waals surface area contributed by atoms with Crippen molar-refractivity contribution >= 4 is 0 Å². The lowest BCUT2D eigenvalue weighted by molar-refractivity contribution is 0.0826. The fourth-order valence-corrected chi connectivity index (χ4v) is 1.95. The Morgan fingerprint density at radius 1 is 1.62 bits per heavy atom. The molecule has 0 spiro atoms. The van der Waals surface area contributed by atoms with Gasteiger partial charge in [-0.1, -0.05) is 6.92 Å². The van der Waals surface area contributed by atoms with E-state index >= 15 is 0 Å². The van der Waals surface area contributed by atoms with Crippen LogP contribution in [0.5, 0.6) is 0 Å². The van der Waals surface area contributed by atoms with Crippen LogP contribution in [0, 0.1) is 5.92 Å². The number of hydrogen-bond acceptors (Lipinski definition) is 3. The number of aliphatic hydroxyl groups excluding tert-OH is 1. The quantitative estimate of drug-likeness (QED) is 0.803. The number of nitrogens with zero attached hydrogens (tertiary/aromatic N) is 2. The summed E-state index contributed by atoms with van der Waals surface area (Å²) in [6.07, 6.45) is 6.47. The van der Waals surface area contributed by atoms with E-state index in [1.165, 1.54) is 12.8 Å². The van der Waals surface area contributed by atoms with Crippen molar-refractivity contribution in [3.05, 3.63) is 18.2 Å². The van der Waals surface area contributed by atoms with Crippen LogP contribution in [-0.2, 0) is 4.74 Å². The van der Waals surface area contributed by atoms with Crippen LogP contribution < -0.4 is 0 Å². The van der Waals surface area contributed by atoms with E-state index < -0.39 is 6.10 Å². The Bertz CT molecular complexity index is 334. The van der Waals surface area contributed by atoms with E-state index in [9.17, 15) is 5.11 Å². The molecule has 2 rings (SSSR count). The maximum absolute atomic E-state index is 10.2. The van der Waals surface area contributed by atoms with E-state index in [1.807, 2.05) is 13.3 Å². The molecule has 0 aliphatic heterocycles. The summed E-state index contributed by atoms with van der Waals surface area (Å²) in [6, 6.07) is 0.571. The molecule has 0 bridgehead atoms. The molecule has 1 heterocycles. The van der Waals surface area contributed by atoms with Crippen molar-refractivity contribution in [2.45, 2.75) is 38.3 Å². The van der Waals surface area contributed by atoms with Crippen molar-refractivity contribution in [3.63, 3.8) is 0 Å². The number of hydrogen-bond donors (Lipinski definition) is 1. The van der Waals surface area contributed by atoms with Crippen molar-refractivity contribution < 1.29 is 9.84 Å². The normalized spacial score (nSPS) is 19.7. The van der Waals surface area contributed by atoms with Gasteiger partial charge < -0.3 is 14.4 Å². The predicted molar refractivity (Wildman–Crippen MR) is 61.1 cm³/mol. The first-order valence-corrected chi connectivity index (χ1v) is 5.92.